The number of nitrogens with one attached hydrogen (secondary N) is 1. The molecule has 0 radical (unpaired) electrons. The van der Waals surface area contributed by atoms with Gasteiger partial charge < -0.3 is 14.8 Å². The zero-order chi connectivity index (χ0) is 21.1. The van der Waals surface area contributed by atoms with Gasteiger partial charge in [-0.15, -0.1) is 11.8 Å². The highest BCUT2D eigenvalue weighted by atomic mass is 32.2. The van der Waals surface area contributed by atoms with Crippen LogP contribution in [0.15, 0.2) is 44.9 Å². The van der Waals surface area contributed by atoms with Crippen molar-refractivity contribution in [1.82, 2.24) is 14.1 Å². The molecule has 3 aromatic rings. The number of nitrogens with zero attached hydrogens (tertiary/aromatic N) is 3. The standard InChI is InChI=1S/C19H20N4O5S/c1-22-17-16(18(25)23(2)19(22)26)14(7-8-20-17)29-10-15(24)21-11-5-6-12(27-3)13(9-11)28-4/h5-9H,10H2,1-4H3,(H,21,24). The number of ether oxygens (including phenoxy) is 2. The Morgan fingerprint density at radius 1 is 1.10 bits per heavy atom. The fraction of sp³-hybridized carbons (Fsp3) is 0.263. The lowest BCUT2D eigenvalue weighted by Gasteiger charge is -2.11. The van der Waals surface area contributed by atoms with E-state index in [1.54, 1.807) is 31.3 Å². The minimum atomic E-state index is -0.455. The van der Waals surface area contributed by atoms with Crippen molar-refractivity contribution in [2.75, 3.05) is 25.3 Å². The van der Waals surface area contributed by atoms with Crippen molar-refractivity contribution in [2.24, 2.45) is 14.1 Å². The van der Waals surface area contributed by atoms with Crippen LogP contribution in [-0.2, 0) is 18.9 Å². The summed E-state index contributed by atoms with van der Waals surface area (Å²) in [5, 5.41) is 3.09. The summed E-state index contributed by atoms with van der Waals surface area (Å²) in [6, 6.07) is 6.72. The number of carbonyl (C=O) groups excluding carboxylic acids is 1. The number of methoxy groups -OCH3 is 2. The summed E-state index contributed by atoms with van der Waals surface area (Å²) < 4.78 is 12.7. The van der Waals surface area contributed by atoms with Crippen LogP contribution in [0.4, 0.5) is 5.69 Å². The average Bonchev–Trinajstić information content (AvgIpc) is 2.74. The number of pyridine rings is 1. The molecule has 0 aliphatic heterocycles. The minimum Gasteiger partial charge on any atom is -0.493 e. The van der Waals surface area contributed by atoms with Crippen molar-refractivity contribution >= 4 is 34.4 Å². The summed E-state index contributed by atoms with van der Waals surface area (Å²) in [5.74, 6) is 0.875. The molecule has 0 atom stereocenters. The third-order valence-electron chi connectivity index (χ3n) is 4.33. The van der Waals surface area contributed by atoms with Crippen LogP contribution < -0.4 is 26.0 Å². The molecule has 0 saturated carbocycles. The van der Waals surface area contributed by atoms with Crippen molar-refractivity contribution in [2.45, 2.75) is 4.90 Å². The molecular weight excluding hydrogens is 396 g/mol. The molecule has 9 nitrogen and oxygen atoms in total. The fourth-order valence-electron chi connectivity index (χ4n) is 2.83. The third-order valence-corrected chi connectivity index (χ3v) is 5.39. The molecule has 0 aliphatic rings. The summed E-state index contributed by atoms with van der Waals surface area (Å²) >= 11 is 1.20. The van der Waals surface area contributed by atoms with Gasteiger partial charge in [-0.05, 0) is 18.2 Å². The average molecular weight is 416 g/mol. The van der Waals surface area contributed by atoms with Gasteiger partial charge in [0.05, 0.1) is 25.4 Å². The Morgan fingerprint density at radius 2 is 1.83 bits per heavy atom. The van der Waals surface area contributed by atoms with Crippen LogP contribution in [0.5, 0.6) is 11.5 Å². The second-order valence-corrected chi connectivity index (χ2v) is 7.14. The van der Waals surface area contributed by atoms with Gasteiger partial charge in [-0.1, -0.05) is 0 Å². The van der Waals surface area contributed by atoms with Crippen LogP contribution >= 0.6 is 11.8 Å². The summed E-state index contributed by atoms with van der Waals surface area (Å²) in [7, 11) is 6.01. The van der Waals surface area contributed by atoms with E-state index in [2.05, 4.69) is 10.3 Å². The Balaban J connectivity index is 1.82. The Hall–Kier alpha value is -3.27. The lowest BCUT2D eigenvalue weighted by molar-refractivity contribution is -0.113. The number of benzene rings is 1. The maximum Gasteiger partial charge on any atom is 0.332 e. The summed E-state index contributed by atoms with van der Waals surface area (Å²) in [4.78, 5) is 41.7. The smallest absolute Gasteiger partial charge is 0.332 e. The molecule has 1 amide bonds. The number of carbonyl (C=O) groups is 1. The third kappa shape index (κ3) is 3.97. The predicted octanol–water partition coefficient (Wildman–Crippen LogP) is 1.38. The largest absolute Gasteiger partial charge is 0.493 e. The van der Waals surface area contributed by atoms with Crippen molar-refractivity contribution in [3.05, 3.63) is 51.3 Å². The van der Waals surface area contributed by atoms with Gasteiger partial charge in [0.2, 0.25) is 5.91 Å². The SMILES string of the molecule is COc1ccc(NC(=O)CSc2ccnc3c2c(=O)n(C)c(=O)n3C)cc1OC. The number of fused-ring (bicyclic) bond motifs is 1. The van der Waals surface area contributed by atoms with E-state index in [1.807, 2.05) is 0 Å². The molecule has 152 valence electrons. The first-order valence-corrected chi connectivity index (χ1v) is 9.55. The highest BCUT2D eigenvalue weighted by molar-refractivity contribution is 8.00. The van der Waals surface area contributed by atoms with Gasteiger partial charge >= 0.3 is 5.69 Å². The van der Waals surface area contributed by atoms with Crippen molar-refractivity contribution in [3.8, 4) is 11.5 Å². The zero-order valence-corrected chi connectivity index (χ0v) is 17.2. The summed E-state index contributed by atoms with van der Waals surface area (Å²) in [6.07, 6.45) is 1.51. The molecule has 0 fully saturated rings. The number of aromatic nitrogens is 3. The Morgan fingerprint density at radius 3 is 2.52 bits per heavy atom. The van der Waals surface area contributed by atoms with E-state index in [9.17, 15) is 14.4 Å². The van der Waals surface area contributed by atoms with Crippen molar-refractivity contribution < 1.29 is 14.3 Å². The second kappa shape index (κ2) is 8.39. The number of hydrogen-bond donors (Lipinski definition) is 1. The summed E-state index contributed by atoms with van der Waals surface area (Å²) in [5.41, 5.74) is -0.0584. The lowest BCUT2D eigenvalue weighted by atomic mass is 10.2. The number of anilines is 1. The lowest BCUT2D eigenvalue weighted by Crippen LogP contribution is -2.37. The molecule has 0 saturated heterocycles. The van der Waals surface area contributed by atoms with Gasteiger partial charge in [0.1, 0.15) is 5.65 Å². The van der Waals surface area contributed by atoms with Gasteiger partial charge in [-0.2, -0.15) is 0 Å². The summed E-state index contributed by atoms with van der Waals surface area (Å²) in [6.45, 7) is 0. The van der Waals surface area contributed by atoms with Crippen LogP contribution in [-0.4, -0.2) is 40.0 Å². The maximum absolute atomic E-state index is 12.6. The van der Waals surface area contributed by atoms with Gasteiger partial charge in [0, 0.05) is 36.9 Å². The molecule has 0 unspecified atom stereocenters. The van der Waals surface area contributed by atoms with Gasteiger partial charge in [0.25, 0.3) is 5.56 Å². The van der Waals surface area contributed by atoms with Crippen LogP contribution in [0.3, 0.4) is 0 Å². The van der Waals surface area contributed by atoms with Crippen LogP contribution in [0, 0.1) is 0 Å². The first-order chi connectivity index (χ1) is 13.9. The number of aryl methyl sites for hydroxylation is 1. The molecule has 0 spiro atoms. The molecule has 10 heteroatoms. The van der Waals surface area contributed by atoms with E-state index in [1.165, 1.54) is 43.8 Å². The highest BCUT2D eigenvalue weighted by Crippen LogP contribution is 2.30. The first-order valence-electron chi connectivity index (χ1n) is 8.56. The number of amides is 1. The minimum absolute atomic E-state index is 0.0689. The van der Waals surface area contributed by atoms with Crippen molar-refractivity contribution in [3.63, 3.8) is 0 Å². The number of rotatable bonds is 6. The highest BCUT2D eigenvalue weighted by Gasteiger charge is 2.15. The van der Waals surface area contributed by atoms with Crippen LogP contribution in [0.1, 0.15) is 0 Å². The Kier molecular flexibility index (Phi) is 5.92. The topological polar surface area (TPSA) is 104 Å². The van der Waals surface area contributed by atoms with Gasteiger partial charge in [-0.25, -0.2) is 9.78 Å². The van der Waals surface area contributed by atoms with E-state index in [-0.39, 0.29) is 17.3 Å². The molecule has 0 aliphatic carbocycles. The Bertz CT molecular complexity index is 1200. The molecule has 1 aromatic carbocycles. The first kappa shape index (κ1) is 20.5. The quantitative estimate of drug-likeness (QED) is 0.605. The maximum atomic E-state index is 12.6. The van der Waals surface area contributed by atoms with Gasteiger partial charge in [0.15, 0.2) is 11.5 Å². The molecule has 29 heavy (non-hydrogen) atoms. The van der Waals surface area contributed by atoms with Crippen LogP contribution in [0.25, 0.3) is 11.0 Å². The van der Waals surface area contributed by atoms with E-state index in [0.717, 1.165) is 4.57 Å². The molecule has 2 heterocycles. The second-order valence-electron chi connectivity index (χ2n) is 6.12. The predicted molar refractivity (Wildman–Crippen MR) is 111 cm³/mol. The van der Waals surface area contributed by atoms with Crippen molar-refractivity contribution in [1.29, 1.82) is 0 Å². The van der Waals surface area contributed by atoms with E-state index in [4.69, 9.17) is 9.47 Å². The molecule has 1 N–H and O–H groups in total. The zero-order valence-electron chi connectivity index (χ0n) is 16.4. The number of thioether (sulfide) groups is 1. The van der Waals surface area contributed by atoms with E-state index in [0.29, 0.717) is 27.5 Å². The molecule has 2 aromatic heterocycles. The monoisotopic (exact) mass is 416 g/mol. The van der Waals surface area contributed by atoms with E-state index < -0.39 is 11.2 Å². The van der Waals surface area contributed by atoms with Gasteiger partial charge in [-0.3, -0.25) is 18.7 Å². The molecule has 3 rings (SSSR count). The normalized spacial score (nSPS) is 10.8. The van der Waals surface area contributed by atoms with Crippen LogP contribution in [0.2, 0.25) is 0 Å². The molecule has 0 bridgehead atoms. The molecular formula is C19H20N4O5S. The fourth-order valence-corrected chi connectivity index (χ4v) is 3.67. The Labute approximate surface area is 170 Å². The van der Waals surface area contributed by atoms with E-state index >= 15 is 0 Å². The number of hydrogen-bond acceptors (Lipinski definition) is 7.